The van der Waals surface area contributed by atoms with Crippen molar-refractivity contribution in [2.45, 2.75) is 46.1 Å². The number of nitrogens with zero attached hydrogens (tertiary/aromatic N) is 1. The van der Waals surface area contributed by atoms with E-state index in [1.54, 1.807) is 4.90 Å². The number of rotatable bonds is 3. The summed E-state index contributed by atoms with van der Waals surface area (Å²) in [6.07, 6.45) is 5.64. The Bertz CT molecular complexity index is 381. The van der Waals surface area contributed by atoms with Crippen molar-refractivity contribution in [3.8, 4) is 12.3 Å². The number of ketones is 1. The molecule has 0 aromatic heterocycles. The molecular weight excluding hydrogens is 230 g/mol. The maximum atomic E-state index is 11.9. The maximum absolute atomic E-state index is 11.9. The molecule has 1 rings (SSSR count). The summed E-state index contributed by atoms with van der Waals surface area (Å²) in [6, 6.07) is 0. The lowest BCUT2D eigenvalue weighted by Gasteiger charge is -2.48. The first-order valence-corrected chi connectivity index (χ1v) is 6.19. The van der Waals surface area contributed by atoms with E-state index in [1.807, 2.05) is 27.7 Å². The van der Waals surface area contributed by atoms with Gasteiger partial charge in [0.1, 0.15) is 5.60 Å². The number of carbonyl (C=O) groups excluding carboxylic acids is 2. The predicted octanol–water partition coefficient (Wildman–Crippen LogP) is 2.23. The molecule has 1 fully saturated rings. The van der Waals surface area contributed by atoms with Gasteiger partial charge < -0.3 is 9.64 Å². The van der Waals surface area contributed by atoms with E-state index in [-0.39, 0.29) is 18.3 Å². The Hall–Kier alpha value is -1.50. The van der Waals surface area contributed by atoms with Crippen LogP contribution in [0.1, 0.15) is 40.5 Å². The summed E-state index contributed by atoms with van der Waals surface area (Å²) in [5, 5.41) is 0. The third-order valence-corrected chi connectivity index (χ3v) is 3.17. The molecule has 1 aliphatic rings. The molecular formula is C14H21NO3. The smallest absolute Gasteiger partial charge is 0.410 e. The van der Waals surface area contributed by atoms with Gasteiger partial charge in [-0.3, -0.25) is 4.79 Å². The summed E-state index contributed by atoms with van der Waals surface area (Å²) in [6.45, 7) is 8.24. The molecule has 0 N–H and O–H groups in total. The van der Waals surface area contributed by atoms with Crippen LogP contribution in [0.4, 0.5) is 4.79 Å². The molecule has 1 amide bonds. The first-order valence-electron chi connectivity index (χ1n) is 6.19. The Morgan fingerprint density at radius 3 is 2.33 bits per heavy atom. The lowest BCUT2D eigenvalue weighted by Crippen LogP contribution is -2.62. The second kappa shape index (κ2) is 5.01. The van der Waals surface area contributed by atoms with Gasteiger partial charge in [0.25, 0.3) is 0 Å². The Kier molecular flexibility index (Phi) is 4.05. The number of likely N-dealkylation sites (tertiary alicyclic amines) is 1. The highest BCUT2D eigenvalue weighted by Crippen LogP contribution is 2.36. The number of amides is 1. The van der Waals surface area contributed by atoms with Crippen molar-refractivity contribution < 1.29 is 14.3 Å². The first kappa shape index (κ1) is 14.6. The second-order valence-corrected chi connectivity index (χ2v) is 5.77. The van der Waals surface area contributed by atoms with Crippen LogP contribution in [0.25, 0.3) is 0 Å². The van der Waals surface area contributed by atoms with Gasteiger partial charge in [0.05, 0.1) is 11.8 Å². The zero-order valence-electron chi connectivity index (χ0n) is 11.6. The SMILES string of the molecule is C#CCC(=O)C1(CC)CN(C(=O)OC(C)(C)C)C1. The number of hydrogen-bond donors (Lipinski definition) is 0. The van der Waals surface area contributed by atoms with Crippen molar-refractivity contribution in [1.29, 1.82) is 0 Å². The highest BCUT2D eigenvalue weighted by atomic mass is 16.6. The van der Waals surface area contributed by atoms with E-state index >= 15 is 0 Å². The minimum absolute atomic E-state index is 0.0484. The molecule has 0 radical (unpaired) electrons. The number of terminal acetylenes is 1. The van der Waals surface area contributed by atoms with Gasteiger partial charge in [-0.25, -0.2) is 4.79 Å². The molecule has 1 heterocycles. The van der Waals surface area contributed by atoms with Gasteiger partial charge in [-0.15, -0.1) is 6.42 Å². The zero-order valence-corrected chi connectivity index (χ0v) is 11.6. The third kappa shape index (κ3) is 3.04. The molecule has 0 unspecified atom stereocenters. The topological polar surface area (TPSA) is 46.6 Å². The summed E-state index contributed by atoms with van der Waals surface area (Å²) in [5.74, 6) is 2.42. The fraction of sp³-hybridized carbons (Fsp3) is 0.714. The average molecular weight is 251 g/mol. The number of ether oxygens (including phenoxy) is 1. The normalized spacial score (nSPS) is 17.6. The molecule has 0 spiro atoms. The van der Waals surface area contributed by atoms with Crippen LogP contribution in [0.3, 0.4) is 0 Å². The van der Waals surface area contributed by atoms with E-state index in [0.717, 1.165) is 0 Å². The number of carbonyl (C=O) groups is 2. The summed E-state index contributed by atoms with van der Waals surface area (Å²) < 4.78 is 5.25. The maximum Gasteiger partial charge on any atom is 0.410 e. The summed E-state index contributed by atoms with van der Waals surface area (Å²) in [4.78, 5) is 25.2. The molecule has 18 heavy (non-hydrogen) atoms. The van der Waals surface area contributed by atoms with E-state index in [1.165, 1.54) is 0 Å². The van der Waals surface area contributed by atoms with Gasteiger partial charge in [-0.1, -0.05) is 12.8 Å². The monoisotopic (exact) mass is 251 g/mol. The van der Waals surface area contributed by atoms with Crippen LogP contribution in [0.2, 0.25) is 0 Å². The van der Waals surface area contributed by atoms with Gasteiger partial charge in [0.2, 0.25) is 0 Å². The van der Waals surface area contributed by atoms with Gasteiger partial charge in [0.15, 0.2) is 5.78 Å². The fourth-order valence-electron chi connectivity index (χ4n) is 2.02. The van der Waals surface area contributed by atoms with Crippen LogP contribution in [-0.2, 0) is 9.53 Å². The molecule has 0 saturated carbocycles. The number of hydrogen-bond acceptors (Lipinski definition) is 3. The molecule has 0 aromatic carbocycles. The summed E-state index contributed by atoms with van der Waals surface area (Å²) in [7, 11) is 0. The standard InChI is InChI=1S/C14H21NO3/c1-6-8-11(16)14(7-2)9-15(10-14)12(17)18-13(3,4)5/h1H,7-10H2,2-5H3. The molecule has 4 nitrogen and oxygen atoms in total. The van der Waals surface area contributed by atoms with Crippen LogP contribution in [-0.4, -0.2) is 35.5 Å². The molecule has 4 heteroatoms. The van der Waals surface area contributed by atoms with Crippen molar-refractivity contribution in [1.82, 2.24) is 4.90 Å². The second-order valence-electron chi connectivity index (χ2n) is 5.77. The van der Waals surface area contributed by atoms with Crippen LogP contribution < -0.4 is 0 Å². The van der Waals surface area contributed by atoms with Crippen molar-refractivity contribution in [3.05, 3.63) is 0 Å². The minimum Gasteiger partial charge on any atom is -0.444 e. The van der Waals surface area contributed by atoms with Gasteiger partial charge in [-0.05, 0) is 27.2 Å². The molecule has 1 saturated heterocycles. The van der Waals surface area contributed by atoms with E-state index in [4.69, 9.17) is 11.2 Å². The Labute approximate surface area is 109 Å². The van der Waals surface area contributed by atoms with Gasteiger partial charge in [-0.2, -0.15) is 0 Å². The summed E-state index contributed by atoms with van der Waals surface area (Å²) >= 11 is 0. The first-order chi connectivity index (χ1) is 8.24. The van der Waals surface area contributed by atoms with Crippen molar-refractivity contribution in [2.24, 2.45) is 5.41 Å². The Balaban J connectivity index is 2.58. The lowest BCUT2D eigenvalue weighted by molar-refractivity contribution is -0.137. The van der Waals surface area contributed by atoms with Gasteiger partial charge in [0, 0.05) is 13.1 Å². The number of Topliss-reactive ketones (excluding diaryl/α,β-unsaturated/α-hetero) is 1. The average Bonchev–Trinajstić information content (AvgIpc) is 2.14. The third-order valence-electron chi connectivity index (χ3n) is 3.17. The minimum atomic E-state index is -0.510. The van der Waals surface area contributed by atoms with Crippen LogP contribution in [0.15, 0.2) is 0 Å². The molecule has 1 aliphatic heterocycles. The van der Waals surface area contributed by atoms with Gasteiger partial charge >= 0.3 is 6.09 Å². The molecule has 0 aromatic rings. The molecule has 100 valence electrons. The predicted molar refractivity (Wildman–Crippen MR) is 69.0 cm³/mol. The quantitative estimate of drug-likeness (QED) is 0.723. The van der Waals surface area contributed by atoms with E-state index in [9.17, 15) is 9.59 Å². The zero-order chi connectivity index (χ0) is 14.0. The fourth-order valence-corrected chi connectivity index (χ4v) is 2.02. The van der Waals surface area contributed by atoms with E-state index in [0.29, 0.717) is 19.5 Å². The van der Waals surface area contributed by atoms with Crippen molar-refractivity contribution in [3.63, 3.8) is 0 Å². The lowest BCUT2D eigenvalue weighted by atomic mass is 9.73. The Morgan fingerprint density at radius 1 is 1.39 bits per heavy atom. The van der Waals surface area contributed by atoms with Crippen LogP contribution >= 0.6 is 0 Å². The molecule has 0 aliphatic carbocycles. The van der Waals surface area contributed by atoms with Crippen LogP contribution in [0, 0.1) is 17.8 Å². The van der Waals surface area contributed by atoms with E-state index in [2.05, 4.69) is 5.92 Å². The van der Waals surface area contributed by atoms with Crippen LogP contribution in [0.5, 0.6) is 0 Å². The van der Waals surface area contributed by atoms with Crippen molar-refractivity contribution in [2.75, 3.05) is 13.1 Å². The largest absolute Gasteiger partial charge is 0.444 e. The highest BCUT2D eigenvalue weighted by molar-refractivity contribution is 5.89. The highest BCUT2D eigenvalue weighted by Gasteiger charge is 2.49. The van der Waals surface area contributed by atoms with Crippen molar-refractivity contribution >= 4 is 11.9 Å². The summed E-state index contributed by atoms with van der Waals surface area (Å²) in [5.41, 5.74) is -0.965. The molecule has 0 atom stereocenters. The van der Waals surface area contributed by atoms with E-state index < -0.39 is 11.0 Å². The molecule has 0 bridgehead atoms. The Morgan fingerprint density at radius 2 is 1.94 bits per heavy atom.